The number of carbonyl (C=O) groups excluding carboxylic acids is 1. The quantitative estimate of drug-likeness (QED) is 0.485. The SMILES string of the molecule is CCN(CC)CCN(Cc1cc2cc3c(cc2[nH]c1=O)OCCO3)C(=O)Nc1ccccc1OC. The lowest BCUT2D eigenvalue weighted by Crippen LogP contribution is -2.41. The van der Waals surface area contributed by atoms with E-state index in [1.807, 2.05) is 24.3 Å². The highest BCUT2D eigenvalue weighted by Gasteiger charge is 2.20. The van der Waals surface area contributed by atoms with E-state index in [2.05, 4.69) is 29.0 Å². The fourth-order valence-electron chi connectivity index (χ4n) is 4.11. The monoisotopic (exact) mass is 480 g/mol. The lowest BCUT2D eigenvalue weighted by molar-refractivity contribution is 0.172. The van der Waals surface area contributed by atoms with Gasteiger partial charge < -0.3 is 34.3 Å². The lowest BCUT2D eigenvalue weighted by atomic mass is 10.1. The summed E-state index contributed by atoms with van der Waals surface area (Å²) in [6.07, 6.45) is 0. The zero-order valence-electron chi connectivity index (χ0n) is 20.4. The molecule has 2 N–H and O–H groups in total. The van der Waals surface area contributed by atoms with E-state index in [1.165, 1.54) is 0 Å². The first-order valence-corrected chi connectivity index (χ1v) is 11.9. The van der Waals surface area contributed by atoms with Crippen LogP contribution in [-0.4, -0.2) is 67.3 Å². The largest absolute Gasteiger partial charge is 0.495 e. The molecule has 0 fully saturated rings. The van der Waals surface area contributed by atoms with Crippen LogP contribution in [0.3, 0.4) is 0 Å². The molecular formula is C26H32N4O5. The lowest BCUT2D eigenvalue weighted by Gasteiger charge is -2.27. The van der Waals surface area contributed by atoms with Crippen LogP contribution in [0.1, 0.15) is 19.4 Å². The Bertz CT molecular complexity index is 1240. The van der Waals surface area contributed by atoms with Gasteiger partial charge in [0.15, 0.2) is 11.5 Å². The number of ether oxygens (including phenoxy) is 3. The number of aromatic amines is 1. The van der Waals surface area contributed by atoms with Crippen LogP contribution in [0, 0.1) is 0 Å². The van der Waals surface area contributed by atoms with Crippen LogP contribution in [0.15, 0.2) is 47.3 Å². The maximum atomic E-state index is 13.3. The fraction of sp³-hybridized carbons (Fsp3) is 0.385. The molecule has 35 heavy (non-hydrogen) atoms. The van der Waals surface area contributed by atoms with Crippen molar-refractivity contribution < 1.29 is 19.0 Å². The number of fused-ring (bicyclic) bond motifs is 2. The minimum Gasteiger partial charge on any atom is -0.495 e. The van der Waals surface area contributed by atoms with E-state index in [4.69, 9.17) is 14.2 Å². The molecular weight excluding hydrogens is 448 g/mol. The first kappa shape index (κ1) is 24.4. The number of benzene rings is 2. The number of pyridine rings is 1. The third-order valence-corrected chi connectivity index (χ3v) is 6.16. The van der Waals surface area contributed by atoms with Gasteiger partial charge in [-0.3, -0.25) is 4.79 Å². The van der Waals surface area contributed by atoms with E-state index in [0.717, 1.165) is 18.5 Å². The van der Waals surface area contributed by atoms with E-state index >= 15 is 0 Å². The molecule has 2 amide bonds. The van der Waals surface area contributed by atoms with Gasteiger partial charge in [-0.25, -0.2) is 4.79 Å². The molecule has 0 unspecified atom stereocenters. The second-order valence-corrected chi connectivity index (χ2v) is 8.29. The number of carbonyl (C=O) groups is 1. The molecule has 0 aliphatic carbocycles. The number of likely N-dealkylation sites (N-methyl/N-ethyl adjacent to an activating group) is 1. The summed E-state index contributed by atoms with van der Waals surface area (Å²) in [5.74, 6) is 1.83. The maximum Gasteiger partial charge on any atom is 0.322 e. The van der Waals surface area contributed by atoms with Crippen LogP contribution >= 0.6 is 0 Å². The molecule has 0 saturated carbocycles. The van der Waals surface area contributed by atoms with Crippen LogP contribution in [0.4, 0.5) is 10.5 Å². The maximum absolute atomic E-state index is 13.3. The summed E-state index contributed by atoms with van der Waals surface area (Å²) in [6.45, 7) is 8.19. The molecule has 9 nitrogen and oxygen atoms in total. The number of rotatable bonds is 9. The minimum absolute atomic E-state index is 0.155. The zero-order chi connectivity index (χ0) is 24.8. The summed E-state index contributed by atoms with van der Waals surface area (Å²) in [5.41, 5.74) is 1.48. The summed E-state index contributed by atoms with van der Waals surface area (Å²) in [4.78, 5) is 33.1. The number of aromatic nitrogens is 1. The van der Waals surface area contributed by atoms with Crippen molar-refractivity contribution >= 4 is 22.6 Å². The van der Waals surface area contributed by atoms with Crippen LogP contribution in [0.5, 0.6) is 17.2 Å². The van der Waals surface area contributed by atoms with Crippen molar-refractivity contribution in [3.05, 3.63) is 58.4 Å². The van der Waals surface area contributed by atoms with Gasteiger partial charge in [0.1, 0.15) is 19.0 Å². The molecule has 2 aromatic carbocycles. The van der Waals surface area contributed by atoms with Crippen molar-refractivity contribution in [1.29, 1.82) is 0 Å². The molecule has 3 aromatic rings. The molecule has 4 rings (SSSR count). The number of nitrogens with one attached hydrogen (secondary N) is 2. The summed E-state index contributed by atoms with van der Waals surface area (Å²) < 4.78 is 16.7. The van der Waals surface area contributed by atoms with Gasteiger partial charge in [0, 0.05) is 30.1 Å². The Labute approximate surface area is 204 Å². The molecule has 0 spiro atoms. The smallest absolute Gasteiger partial charge is 0.322 e. The number of hydrogen-bond donors (Lipinski definition) is 2. The number of nitrogens with zero attached hydrogens (tertiary/aromatic N) is 2. The average molecular weight is 481 g/mol. The van der Waals surface area contributed by atoms with Gasteiger partial charge in [0.05, 0.1) is 24.9 Å². The normalized spacial score (nSPS) is 12.6. The van der Waals surface area contributed by atoms with Gasteiger partial charge in [-0.05, 0) is 37.4 Å². The van der Waals surface area contributed by atoms with E-state index in [9.17, 15) is 9.59 Å². The number of amides is 2. The molecule has 0 saturated heterocycles. The Kier molecular flexibility index (Phi) is 7.77. The second-order valence-electron chi connectivity index (χ2n) is 8.29. The van der Waals surface area contributed by atoms with Crippen molar-refractivity contribution in [3.63, 3.8) is 0 Å². The molecule has 0 bridgehead atoms. The molecule has 0 radical (unpaired) electrons. The summed E-state index contributed by atoms with van der Waals surface area (Å²) >= 11 is 0. The van der Waals surface area contributed by atoms with E-state index < -0.39 is 0 Å². The van der Waals surface area contributed by atoms with E-state index in [1.54, 1.807) is 30.2 Å². The standard InChI is InChI=1S/C26H32N4O5/c1-4-29(5-2)10-11-30(26(32)28-20-8-6-7-9-22(20)33-3)17-19-14-18-15-23-24(35-13-12-34-23)16-21(18)27-25(19)31/h6-9,14-16H,4-5,10-13,17H2,1-3H3,(H,27,31)(H,28,32). The van der Waals surface area contributed by atoms with Crippen LogP contribution in [-0.2, 0) is 6.54 Å². The summed E-state index contributed by atoms with van der Waals surface area (Å²) in [7, 11) is 1.56. The Hall–Kier alpha value is -3.72. The number of H-pyrrole nitrogens is 1. The van der Waals surface area contributed by atoms with E-state index in [0.29, 0.717) is 60.3 Å². The number of para-hydroxylation sites is 2. The van der Waals surface area contributed by atoms with Crippen molar-refractivity contribution in [1.82, 2.24) is 14.8 Å². The fourth-order valence-corrected chi connectivity index (χ4v) is 4.11. The van der Waals surface area contributed by atoms with Crippen molar-refractivity contribution in [2.75, 3.05) is 51.8 Å². The predicted octanol–water partition coefficient (Wildman–Crippen LogP) is 3.68. The number of urea groups is 1. The average Bonchev–Trinajstić information content (AvgIpc) is 2.88. The minimum atomic E-state index is -0.302. The van der Waals surface area contributed by atoms with Crippen molar-refractivity contribution in [2.24, 2.45) is 0 Å². The Balaban J connectivity index is 1.61. The van der Waals surface area contributed by atoms with Crippen LogP contribution < -0.4 is 25.1 Å². The van der Waals surface area contributed by atoms with Crippen LogP contribution in [0.25, 0.3) is 10.9 Å². The Morgan fingerprint density at radius 1 is 1.06 bits per heavy atom. The first-order chi connectivity index (χ1) is 17.0. The predicted molar refractivity (Wildman–Crippen MR) is 136 cm³/mol. The molecule has 186 valence electrons. The summed E-state index contributed by atoms with van der Waals surface area (Å²) in [5, 5.41) is 3.75. The topological polar surface area (TPSA) is 96.1 Å². The first-order valence-electron chi connectivity index (χ1n) is 11.9. The van der Waals surface area contributed by atoms with Crippen molar-refractivity contribution in [3.8, 4) is 17.2 Å². The number of hydrogen-bond acceptors (Lipinski definition) is 6. The highest BCUT2D eigenvalue weighted by Crippen LogP contribution is 2.33. The Morgan fingerprint density at radius 2 is 1.77 bits per heavy atom. The molecule has 0 atom stereocenters. The third-order valence-electron chi connectivity index (χ3n) is 6.16. The highest BCUT2D eigenvalue weighted by molar-refractivity contribution is 5.91. The number of methoxy groups -OCH3 is 1. The van der Waals surface area contributed by atoms with Gasteiger partial charge in [-0.15, -0.1) is 0 Å². The van der Waals surface area contributed by atoms with Gasteiger partial charge >= 0.3 is 6.03 Å². The van der Waals surface area contributed by atoms with Crippen LogP contribution in [0.2, 0.25) is 0 Å². The van der Waals surface area contributed by atoms with E-state index in [-0.39, 0.29) is 18.1 Å². The third kappa shape index (κ3) is 5.68. The molecule has 1 aliphatic rings. The van der Waals surface area contributed by atoms with Crippen molar-refractivity contribution in [2.45, 2.75) is 20.4 Å². The van der Waals surface area contributed by atoms with Gasteiger partial charge in [0.2, 0.25) is 0 Å². The molecule has 1 aliphatic heterocycles. The second kappa shape index (κ2) is 11.1. The number of anilines is 1. The summed E-state index contributed by atoms with van der Waals surface area (Å²) in [6, 6.07) is 12.4. The van der Waals surface area contributed by atoms with Gasteiger partial charge in [-0.1, -0.05) is 26.0 Å². The van der Waals surface area contributed by atoms with Gasteiger partial charge in [0.25, 0.3) is 5.56 Å². The van der Waals surface area contributed by atoms with Gasteiger partial charge in [-0.2, -0.15) is 0 Å². The molecule has 1 aromatic heterocycles. The zero-order valence-corrected chi connectivity index (χ0v) is 20.4. The Morgan fingerprint density at radius 3 is 2.49 bits per heavy atom. The molecule has 9 heteroatoms. The molecule has 2 heterocycles. The highest BCUT2D eigenvalue weighted by atomic mass is 16.6.